The Morgan fingerprint density at radius 2 is 2.11 bits per heavy atom. The first-order valence-electron chi connectivity index (χ1n) is 5.96. The molecule has 0 saturated carbocycles. The van der Waals surface area contributed by atoms with E-state index in [0.717, 1.165) is 17.4 Å². The summed E-state index contributed by atoms with van der Waals surface area (Å²) in [5.74, 6) is 0. The molecule has 0 saturated heterocycles. The van der Waals surface area contributed by atoms with Gasteiger partial charge < -0.3 is 9.55 Å². The standard InChI is InChI=1S/C14H14BrN3/c1-18-9-17-14(15)13(18)7-6-10-8-16-12-5-3-2-4-11(10)12/h2-5,8-9,16H,6-7H2,1H3. The fourth-order valence-electron chi connectivity index (χ4n) is 2.30. The van der Waals surface area contributed by atoms with Gasteiger partial charge in [0.1, 0.15) is 4.60 Å². The highest BCUT2D eigenvalue weighted by Gasteiger charge is 2.08. The molecule has 0 radical (unpaired) electrons. The molecule has 2 heterocycles. The average molecular weight is 304 g/mol. The summed E-state index contributed by atoms with van der Waals surface area (Å²) in [7, 11) is 2.03. The van der Waals surface area contributed by atoms with Gasteiger partial charge in [-0.05, 0) is 40.4 Å². The van der Waals surface area contributed by atoms with E-state index in [1.807, 2.05) is 13.4 Å². The molecular formula is C14H14BrN3. The zero-order chi connectivity index (χ0) is 12.5. The minimum Gasteiger partial charge on any atom is -0.361 e. The van der Waals surface area contributed by atoms with Crippen molar-refractivity contribution in [3.63, 3.8) is 0 Å². The third kappa shape index (κ3) is 1.97. The molecule has 18 heavy (non-hydrogen) atoms. The largest absolute Gasteiger partial charge is 0.361 e. The lowest BCUT2D eigenvalue weighted by Gasteiger charge is -2.02. The predicted molar refractivity (Wildman–Crippen MR) is 76.6 cm³/mol. The molecule has 0 fully saturated rings. The molecule has 0 aliphatic carbocycles. The van der Waals surface area contributed by atoms with Gasteiger partial charge in [0.2, 0.25) is 0 Å². The number of imidazole rings is 1. The van der Waals surface area contributed by atoms with Crippen LogP contribution in [-0.4, -0.2) is 14.5 Å². The number of nitrogens with one attached hydrogen (secondary N) is 1. The first-order chi connectivity index (χ1) is 8.75. The molecule has 92 valence electrons. The van der Waals surface area contributed by atoms with E-state index in [0.29, 0.717) is 0 Å². The number of aromatic nitrogens is 3. The number of hydrogen-bond donors (Lipinski definition) is 1. The number of benzene rings is 1. The summed E-state index contributed by atoms with van der Waals surface area (Å²) in [6.07, 6.45) is 5.95. The lowest BCUT2D eigenvalue weighted by atomic mass is 10.1. The van der Waals surface area contributed by atoms with Crippen LogP contribution in [0.4, 0.5) is 0 Å². The quantitative estimate of drug-likeness (QED) is 0.790. The van der Waals surface area contributed by atoms with Crippen LogP contribution in [0.3, 0.4) is 0 Å². The zero-order valence-electron chi connectivity index (χ0n) is 10.2. The number of aryl methyl sites for hydroxylation is 2. The monoisotopic (exact) mass is 303 g/mol. The van der Waals surface area contributed by atoms with Crippen molar-refractivity contribution >= 4 is 26.8 Å². The fraction of sp³-hybridized carbons (Fsp3) is 0.214. The van der Waals surface area contributed by atoms with Gasteiger partial charge >= 0.3 is 0 Å². The van der Waals surface area contributed by atoms with Gasteiger partial charge in [0.25, 0.3) is 0 Å². The van der Waals surface area contributed by atoms with Crippen LogP contribution >= 0.6 is 15.9 Å². The van der Waals surface area contributed by atoms with E-state index >= 15 is 0 Å². The lowest BCUT2D eigenvalue weighted by molar-refractivity contribution is 0.797. The van der Waals surface area contributed by atoms with Crippen LogP contribution in [0.25, 0.3) is 10.9 Å². The Kier molecular flexibility index (Phi) is 2.96. The van der Waals surface area contributed by atoms with Gasteiger partial charge in [0.15, 0.2) is 0 Å². The van der Waals surface area contributed by atoms with Crippen molar-refractivity contribution in [3.05, 3.63) is 52.7 Å². The van der Waals surface area contributed by atoms with Crippen LogP contribution in [0.2, 0.25) is 0 Å². The van der Waals surface area contributed by atoms with Crippen LogP contribution in [0.15, 0.2) is 41.4 Å². The summed E-state index contributed by atoms with van der Waals surface area (Å²) in [4.78, 5) is 7.56. The second-order valence-electron chi connectivity index (χ2n) is 4.45. The van der Waals surface area contributed by atoms with Gasteiger partial charge in [-0.2, -0.15) is 0 Å². The molecule has 1 N–H and O–H groups in total. The minimum absolute atomic E-state index is 0.949. The number of halogens is 1. The van der Waals surface area contributed by atoms with E-state index in [9.17, 15) is 0 Å². The van der Waals surface area contributed by atoms with Gasteiger partial charge in [-0.3, -0.25) is 0 Å². The summed E-state index contributed by atoms with van der Waals surface area (Å²) in [6.45, 7) is 0. The number of para-hydroxylation sites is 1. The average Bonchev–Trinajstić information content (AvgIpc) is 2.93. The van der Waals surface area contributed by atoms with Crippen molar-refractivity contribution in [1.29, 1.82) is 0 Å². The Bertz CT molecular complexity index is 662. The van der Waals surface area contributed by atoms with E-state index in [1.165, 1.54) is 22.2 Å². The van der Waals surface area contributed by atoms with Crippen molar-refractivity contribution in [2.75, 3.05) is 0 Å². The molecule has 0 amide bonds. The van der Waals surface area contributed by atoms with Crippen molar-refractivity contribution in [2.24, 2.45) is 7.05 Å². The molecule has 0 bridgehead atoms. The van der Waals surface area contributed by atoms with Gasteiger partial charge in [-0.15, -0.1) is 0 Å². The highest BCUT2D eigenvalue weighted by atomic mass is 79.9. The van der Waals surface area contributed by atoms with Crippen molar-refractivity contribution in [3.8, 4) is 0 Å². The Morgan fingerprint density at radius 3 is 2.89 bits per heavy atom. The number of hydrogen-bond acceptors (Lipinski definition) is 1. The molecule has 0 spiro atoms. The lowest BCUT2D eigenvalue weighted by Crippen LogP contribution is -1.98. The van der Waals surface area contributed by atoms with Gasteiger partial charge in [-0.25, -0.2) is 4.98 Å². The molecule has 3 aromatic rings. The maximum absolute atomic E-state index is 4.25. The van der Waals surface area contributed by atoms with Crippen molar-refractivity contribution in [2.45, 2.75) is 12.8 Å². The summed E-state index contributed by atoms with van der Waals surface area (Å²) in [5, 5.41) is 1.32. The third-order valence-electron chi connectivity index (χ3n) is 3.31. The fourth-order valence-corrected chi connectivity index (χ4v) is 2.87. The molecule has 1 aromatic carbocycles. The van der Waals surface area contributed by atoms with Crippen LogP contribution in [0.1, 0.15) is 11.3 Å². The maximum Gasteiger partial charge on any atom is 0.127 e. The Morgan fingerprint density at radius 1 is 1.28 bits per heavy atom. The second-order valence-corrected chi connectivity index (χ2v) is 5.20. The highest BCUT2D eigenvalue weighted by Crippen LogP contribution is 2.21. The normalized spacial score (nSPS) is 11.2. The van der Waals surface area contributed by atoms with E-state index in [4.69, 9.17) is 0 Å². The SMILES string of the molecule is Cn1cnc(Br)c1CCc1c[nH]c2ccccc12. The van der Waals surface area contributed by atoms with Gasteiger partial charge in [0, 0.05) is 24.1 Å². The van der Waals surface area contributed by atoms with Crippen LogP contribution < -0.4 is 0 Å². The molecule has 3 nitrogen and oxygen atoms in total. The molecule has 3 rings (SSSR count). The van der Waals surface area contributed by atoms with Crippen molar-refractivity contribution in [1.82, 2.24) is 14.5 Å². The Hall–Kier alpha value is -1.55. The third-order valence-corrected chi connectivity index (χ3v) is 3.98. The molecule has 0 unspecified atom stereocenters. The van der Waals surface area contributed by atoms with Crippen molar-refractivity contribution < 1.29 is 0 Å². The smallest absolute Gasteiger partial charge is 0.127 e. The summed E-state index contributed by atoms with van der Waals surface area (Å²) >= 11 is 3.49. The van der Waals surface area contributed by atoms with Gasteiger partial charge in [0.05, 0.1) is 12.0 Å². The van der Waals surface area contributed by atoms with E-state index in [-0.39, 0.29) is 0 Å². The van der Waals surface area contributed by atoms with E-state index in [2.05, 4.69) is 60.9 Å². The number of H-pyrrole nitrogens is 1. The Balaban J connectivity index is 1.85. The molecule has 0 aliphatic rings. The minimum atomic E-state index is 0.949. The topological polar surface area (TPSA) is 33.6 Å². The highest BCUT2D eigenvalue weighted by molar-refractivity contribution is 9.10. The maximum atomic E-state index is 4.25. The van der Waals surface area contributed by atoms with E-state index < -0.39 is 0 Å². The Labute approximate surface area is 114 Å². The number of aromatic amines is 1. The number of fused-ring (bicyclic) bond motifs is 1. The summed E-state index contributed by atoms with van der Waals surface area (Å²) in [6, 6.07) is 8.41. The predicted octanol–water partition coefficient (Wildman–Crippen LogP) is 3.45. The number of rotatable bonds is 3. The van der Waals surface area contributed by atoms with E-state index in [1.54, 1.807) is 0 Å². The van der Waals surface area contributed by atoms with Crippen LogP contribution in [0, 0.1) is 0 Å². The second kappa shape index (κ2) is 4.61. The summed E-state index contributed by atoms with van der Waals surface area (Å²) in [5.41, 5.74) is 3.80. The molecule has 4 heteroatoms. The van der Waals surface area contributed by atoms with Gasteiger partial charge in [-0.1, -0.05) is 18.2 Å². The number of nitrogens with zero attached hydrogens (tertiary/aromatic N) is 2. The summed E-state index contributed by atoms with van der Waals surface area (Å²) < 4.78 is 3.02. The van der Waals surface area contributed by atoms with Crippen LogP contribution in [0.5, 0.6) is 0 Å². The zero-order valence-corrected chi connectivity index (χ0v) is 11.7. The first kappa shape index (κ1) is 11.5. The van der Waals surface area contributed by atoms with Crippen LogP contribution in [-0.2, 0) is 19.9 Å². The molecule has 0 aliphatic heterocycles. The molecule has 0 atom stereocenters. The molecular weight excluding hydrogens is 290 g/mol. The first-order valence-corrected chi connectivity index (χ1v) is 6.75. The molecule has 2 aromatic heterocycles.